The standard InChI is InChI=1S/C26H51NO3/c1-3-5-7-9-11-12-13-14-16-17-19-21-25(29)24(23-28)27-26(30)22-20-18-15-10-8-6-4-2/h19,21,24-25,28-29H,3-18,20,22-23H2,1-2H3,(H,27,30)/b21-19+. The van der Waals surface area contributed by atoms with Crippen LogP contribution in [0.25, 0.3) is 0 Å². The van der Waals surface area contributed by atoms with Crippen molar-refractivity contribution in [2.75, 3.05) is 6.61 Å². The number of nitrogens with one attached hydrogen (secondary N) is 1. The lowest BCUT2D eigenvalue weighted by atomic mass is 10.1. The molecule has 0 aliphatic rings. The Kier molecular flexibility index (Phi) is 22.1. The maximum absolute atomic E-state index is 12.1. The average molecular weight is 426 g/mol. The van der Waals surface area contributed by atoms with E-state index in [0.717, 1.165) is 25.7 Å². The smallest absolute Gasteiger partial charge is 0.220 e. The highest BCUT2D eigenvalue weighted by Crippen LogP contribution is 2.11. The summed E-state index contributed by atoms with van der Waals surface area (Å²) in [6, 6.07) is -0.610. The molecule has 0 bridgehead atoms. The molecule has 2 atom stereocenters. The Balaban J connectivity index is 3.75. The van der Waals surface area contributed by atoms with Gasteiger partial charge >= 0.3 is 0 Å². The molecular weight excluding hydrogens is 374 g/mol. The first-order chi connectivity index (χ1) is 14.7. The van der Waals surface area contributed by atoms with Crippen molar-refractivity contribution >= 4 is 5.91 Å². The van der Waals surface area contributed by atoms with E-state index in [9.17, 15) is 15.0 Å². The number of hydrogen-bond donors (Lipinski definition) is 3. The maximum atomic E-state index is 12.1. The van der Waals surface area contributed by atoms with Gasteiger partial charge in [-0.2, -0.15) is 0 Å². The zero-order valence-corrected chi connectivity index (χ0v) is 20.0. The number of aliphatic hydroxyl groups excluding tert-OH is 2. The van der Waals surface area contributed by atoms with Gasteiger partial charge in [-0.25, -0.2) is 0 Å². The van der Waals surface area contributed by atoms with E-state index in [-0.39, 0.29) is 12.5 Å². The molecule has 0 spiro atoms. The normalized spacial score (nSPS) is 13.6. The molecule has 0 heterocycles. The van der Waals surface area contributed by atoms with Gasteiger partial charge in [0.05, 0.1) is 18.8 Å². The molecule has 4 heteroatoms. The zero-order valence-electron chi connectivity index (χ0n) is 20.0. The maximum Gasteiger partial charge on any atom is 0.220 e. The number of carbonyl (C=O) groups excluding carboxylic acids is 1. The van der Waals surface area contributed by atoms with Crippen molar-refractivity contribution in [1.82, 2.24) is 5.32 Å². The first-order valence-corrected chi connectivity index (χ1v) is 12.9. The molecule has 0 radical (unpaired) electrons. The van der Waals surface area contributed by atoms with E-state index in [1.54, 1.807) is 6.08 Å². The molecule has 178 valence electrons. The van der Waals surface area contributed by atoms with E-state index in [2.05, 4.69) is 19.2 Å². The van der Waals surface area contributed by atoms with Crippen LogP contribution in [-0.4, -0.2) is 34.9 Å². The largest absolute Gasteiger partial charge is 0.394 e. The van der Waals surface area contributed by atoms with Crippen molar-refractivity contribution in [2.24, 2.45) is 0 Å². The van der Waals surface area contributed by atoms with Crippen molar-refractivity contribution < 1.29 is 15.0 Å². The minimum absolute atomic E-state index is 0.0750. The molecule has 0 aromatic carbocycles. The highest BCUT2D eigenvalue weighted by Gasteiger charge is 2.17. The lowest BCUT2D eigenvalue weighted by Crippen LogP contribution is -2.45. The number of carbonyl (C=O) groups is 1. The van der Waals surface area contributed by atoms with Crippen molar-refractivity contribution in [3.05, 3.63) is 12.2 Å². The molecule has 0 rings (SSSR count). The van der Waals surface area contributed by atoms with Gasteiger partial charge in [0.2, 0.25) is 5.91 Å². The molecular formula is C26H51NO3. The van der Waals surface area contributed by atoms with Crippen LogP contribution >= 0.6 is 0 Å². The van der Waals surface area contributed by atoms with Crippen LogP contribution in [0.4, 0.5) is 0 Å². The Bertz CT molecular complexity index is 398. The number of rotatable bonds is 22. The van der Waals surface area contributed by atoms with Crippen LogP contribution in [0.1, 0.15) is 129 Å². The van der Waals surface area contributed by atoms with Crippen molar-refractivity contribution in [1.29, 1.82) is 0 Å². The lowest BCUT2D eigenvalue weighted by Gasteiger charge is -2.20. The topological polar surface area (TPSA) is 69.6 Å². The first kappa shape index (κ1) is 29.1. The van der Waals surface area contributed by atoms with E-state index >= 15 is 0 Å². The average Bonchev–Trinajstić information content (AvgIpc) is 2.75. The first-order valence-electron chi connectivity index (χ1n) is 12.9. The van der Waals surface area contributed by atoms with Crippen LogP contribution in [0.2, 0.25) is 0 Å². The van der Waals surface area contributed by atoms with Crippen LogP contribution in [0.15, 0.2) is 12.2 Å². The van der Waals surface area contributed by atoms with E-state index in [1.807, 2.05) is 6.08 Å². The van der Waals surface area contributed by atoms with Gasteiger partial charge in [0, 0.05) is 6.42 Å². The summed E-state index contributed by atoms with van der Waals surface area (Å²) < 4.78 is 0. The van der Waals surface area contributed by atoms with E-state index in [1.165, 1.54) is 83.5 Å². The minimum Gasteiger partial charge on any atom is -0.394 e. The quantitative estimate of drug-likeness (QED) is 0.138. The van der Waals surface area contributed by atoms with Crippen LogP contribution in [0, 0.1) is 0 Å². The molecule has 0 aliphatic carbocycles. The molecule has 3 N–H and O–H groups in total. The van der Waals surface area contributed by atoms with Crippen LogP contribution in [0.3, 0.4) is 0 Å². The monoisotopic (exact) mass is 425 g/mol. The summed E-state index contributed by atoms with van der Waals surface area (Å²) in [6.45, 7) is 4.22. The van der Waals surface area contributed by atoms with E-state index < -0.39 is 12.1 Å². The van der Waals surface area contributed by atoms with E-state index in [0.29, 0.717) is 6.42 Å². The molecule has 0 fully saturated rings. The number of unbranched alkanes of at least 4 members (excludes halogenated alkanes) is 15. The number of amides is 1. The van der Waals surface area contributed by atoms with Crippen LogP contribution in [-0.2, 0) is 4.79 Å². The second-order valence-electron chi connectivity index (χ2n) is 8.76. The number of allylic oxidation sites excluding steroid dienone is 1. The third kappa shape index (κ3) is 19.1. The summed E-state index contributed by atoms with van der Waals surface area (Å²) in [6.07, 6.45) is 24.2. The highest BCUT2D eigenvalue weighted by molar-refractivity contribution is 5.76. The third-order valence-electron chi connectivity index (χ3n) is 5.77. The summed E-state index contributed by atoms with van der Waals surface area (Å²) in [4.78, 5) is 12.1. The van der Waals surface area contributed by atoms with Gasteiger partial charge in [0.25, 0.3) is 0 Å². The number of aliphatic hydroxyl groups is 2. The van der Waals surface area contributed by atoms with Crippen molar-refractivity contribution in [2.45, 2.75) is 142 Å². The zero-order chi connectivity index (χ0) is 22.3. The van der Waals surface area contributed by atoms with Gasteiger partial charge in [-0.3, -0.25) is 4.79 Å². The lowest BCUT2D eigenvalue weighted by molar-refractivity contribution is -0.123. The summed E-state index contributed by atoms with van der Waals surface area (Å²) in [5, 5.41) is 22.5. The van der Waals surface area contributed by atoms with Gasteiger partial charge in [-0.1, -0.05) is 116 Å². The second-order valence-corrected chi connectivity index (χ2v) is 8.76. The van der Waals surface area contributed by atoms with Crippen LogP contribution in [0.5, 0.6) is 0 Å². The fourth-order valence-corrected chi connectivity index (χ4v) is 3.70. The SMILES string of the molecule is CCCCCCCCCCC/C=C/C(O)C(CO)NC(=O)CCCCCCCCC. The van der Waals surface area contributed by atoms with Gasteiger partial charge in [-0.15, -0.1) is 0 Å². The fourth-order valence-electron chi connectivity index (χ4n) is 3.70. The molecule has 0 aromatic rings. The third-order valence-corrected chi connectivity index (χ3v) is 5.77. The summed E-state index contributed by atoms with van der Waals surface area (Å²) in [7, 11) is 0. The highest BCUT2D eigenvalue weighted by atomic mass is 16.3. The molecule has 30 heavy (non-hydrogen) atoms. The van der Waals surface area contributed by atoms with Crippen molar-refractivity contribution in [3.63, 3.8) is 0 Å². The fraction of sp³-hybridized carbons (Fsp3) is 0.885. The summed E-state index contributed by atoms with van der Waals surface area (Å²) in [5.41, 5.74) is 0. The minimum atomic E-state index is -0.827. The summed E-state index contributed by atoms with van der Waals surface area (Å²) >= 11 is 0. The number of hydrogen-bond acceptors (Lipinski definition) is 3. The predicted octanol–water partition coefficient (Wildman–Crippen LogP) is 6.44. The molecule has 0 saturated heterocycles. The Morgan fingerprint density at radius 2 is 1.23 bits per heavy atom. The molecule has 0 saturated carbocycles. The van der Waals surface area contributed by atoms with Gasteiger partial charge in [0.15, 0.2) is 0 Å². The van der Waals surface area contributed by atoms with Gasteiger partial charge in [0.1, 0.15) is 0 Å². The Labute approximate surface area is 186 Å². The van der Waals surface area contributed by atoms with Crippen LogP contribution < -0.4 is 5.32 Å². The van der Waals surface area contributed by atoms with Gasteiger partial charge < -0.3 is 15.5 Å². The summed E-state index contributed by atoms with van der Waals surface area (Å²) in [5.74, 6) is -0.0750. The Morgan fingerprint density at radius 1 is 0.767 bits per heavy atom. The Morgan fingerprint density at radius 3 is 1.73 bits per heavy atom. The Hall–Kier alpha value is -0.870. The van der Waals surface area contributed by atoms with Crippen molar-refractivity contribution in [3.8, 4) is 0 Å². The molecule has 1 amide bonds. The predicted molar refractivity (Wildman–Crippen MR) is 129 cm³/mol. The molecule has 2 unspecified atom stereocenters. The molecule has 0 aromatic heterocycles. The second kappa shape index (κ2) is 22.8. The van der Waals surface area contributed by atoms with Gasteiger partial charge in [-0.05, 0) is 19.3 Å². The molecule has 0 aliphatic heterocycles. The molecule has 4 nitrogen and oxygen atoms in total. The van der Waals surface area contributed by atoms with E-state index in [4.69, 9.17) is 0 Å².